The molecule has 1 aromatic carbocycles. The Hall–Kier alpha value is -1.91. The van der Waals surface area contributed by atoms with Crippen molar-refractivity contribution < 1.29 is 9.72 Å². The quantitative estimate of drug-likeness (QED) is 0.682. The summed E-state index contributed by atoms with van der Waals surface area (Å²) >= 11 is 0. The third-order valence-corrected chi connectivity index (χ3v) is 6.13. The van der Waals surface area contributed by atoms with Gasteiger partial charge in [0.2, 0.25) is 0 Å². The Balaban J connectivity index is 1.41. The topological polar surface area (TPSA) is 72.2 Å². The third-order valence-electron chi connectivity index (χ3n) is 6.13. The summed E-state index contributed by atoms with van der Waals surface area (Å²) < 4.78 is 0. The van der Waals surface area contributed by atoms with Crippen LogP contribution in [0.2, 0.25) is 0 Å². The molecule has 0 atom stereocenters. The summed E-state index contributed by atoms with van der Waals surface area (Å²) in [5.41, 5.74) is 0.827. The lowest BCUT2D eigenvalue weighted by molar-refractivity contribution is -0.384. The second-order valence-electron chi connectivity index (χ2n) is 7.90. The van der Waals surface area contributed by atoms with Crippen molar-refractivity contribution in [3.05, 3.63) is 39.9 Å². The number of rotatable bonds is 4. The molecule has 122 valence electrons. The van der Waals surface area contributed by atoms with Crippen LogP contribution in [0, 0.1) is 33.3 Å². The summed E-state index contributed by atoms with van der Waals surface area (Å²) in [6.45, 7) is 0.756. The van der Waals surface area contributed by atoms with Gasteiger partial charge in [0.1, 0.15) is 0 Å². The van der Waals surface area contributed by atoms with Crippen LogP contribution in [-0.4, -0.2) is 17.4 Å². The Bertz CT molecular complexity index is 603. The molecule has 4 fully saturated rings. The van der Waals surface area contributed by atoms with E-state index in [1.165, 1.54) is 62.8 Å². The summed E-state index contributed by atoms with van der Waals surface area (Å²) in [4.78, 5) is 22.6. The van der Waals surface area contributed by atoms with Gasteiger partial charge in [-0.1, -0.05) is 0 Å². The second kappa shape index (κ2) is 5.32. The number of benzene rings is 1. The zero-order valence-corrected chi connectivity index (χ0v) is 13.2. The first-order chi connectivity index (χ1) is 11.0. The van der Waals surface area contributed by atoms with E-state index in [0.29, 0.717) is 11.0 Å². The third kappa shape index (κ3) is 2.73. The van der Waals surface area contributed by atoms with Crippen molar-refractivity contribution in [2.45, 2.75) is 38.5 Å². The molecule has 0 saturated heterocycles. The van der Waals surface area contributed by atoms with Crippen molar-refractivity contribution in [3.8, 4) is 0 Å². The Kier molecular flexibility index (Phi) is 3.39. The fourth-order valence-electron chi connectivity index (χ4n) is 5.61. The number of amides is 1. The van der Waals surface area contributed by atoms with E-state index in [0.717, 1.165) is 24.3 Å². The van der Waals surface area contributed by atoms with Gasteiger partial charge in [-0.05, 0) is 73.8 Å². The first kappa shape index (κ1) is 14.7. The minimum Gasteiger partial charge on any atom is -0.351 e. The molecule has 0 radical (unpaired) electrons. The number of non-ortho nitro benzene ring substituents is 1. The van der Waals surface area contributed by atoms with Crippen molar-refractivity contribution in [2.75, 3.05) is 6.54 Å². The molecule has 0 spiro atoms. The highest BCUT2D eigenvalue weighted by atomic mass is 16.6. The van der Waals surface area contributed by atoms with Gasteiger partial charge in [0.15, 0.2) is 0 Å². The van der Waals surface area contributed by atoms with E-state index in [2.05, 4.69) is 5.32 Å². The maximum Gasteiger partial charge on any atom is 0.269 e. The minimum atomic E-state index is -0.447. The highest BCUT2D eigenvalue weighted by Crippen LogP contribution is 2.59. The van der Waals surface area contributed by atoms with E-state index < -0.39 is 4.92 Å². The van der Waals surface area contributed by atoms with Gasteiger partial charge in [-0.2, -0.15) is 0 Å². The molecule has 0 aliphatic heterocycles. The second-order valence-corrected chi connectivity index (χ2v) is 7.90. The van der Waals surface area contributed by atoms with Gasteiger partial charge in [0.05, 0.1) is 4.92 Å². The highest BCUT2D eigenvalue weighted by molar-refractivity contribution is 5.94. The van der Waals surface area contributed by atoms with Gasteiger partial charge in [-0.15, -0.1) is 0 Å². The predicted octanol–water partition coefficient (Wildman–Crippen LogP) is 3.54. The molecule has 4 bridgehead atoms. The van der Waals surface area contributed by atoms with Crippen molar-refractivity contribution in [3.63, 3.8) is 0 Å². The molecular weight excluding hydrogens is 292 g/mol. The number of hydrogen-bond donors (Lipinski definition) is 1. The van der Waals surface area contributed by atoms with E-state index in [4.69, 9.17) is 0 Å². The summed E-state index contributed by atoms with van der Waals surface area (Å²) in [6, 6.07) is 5.85. The van der Waals surface area contributed by atoms with Crippen molar-refractivity contribution in [1.29, 1.82) is 0 Å². The summed E-state index contributed by atoms with van der Waals surface area (Å²) in [6.07, 6.45) is 7.99. The Morgan fingerprint density at radius 2 is 1.61 bits per heavy atom. The molecule has 5 rings (SSSR count). The van der Waals surface area contributed by atoms with Crippen LogP contribution in [0.15, 0.2) is 24.3 Å². The number of hydrogen-bond acceptors (Lipinski definition) is 3. The van der Waals surface area contributed by atoms with E-state index >= 15 is 0 Å². The molecule has 5 nitrogen and oxygen atoms in total. The first-order valence-electron chi connectivity index (χ1n) is 8.56. The normalized spacial score (nSPS) is 34.3. The largest absolute Gasteiger partial charge is 0.351 e. The van der Waals surface area contributed by atoms with Gasteiger partial charge in [-0.3, -0.25) is 14.9 Å². The zero-order valence-electron chi connectivity index (χ0n) is 13.2. The van der Waals surface area contributed by atoms with Crippen LogP contribution >= 0.6 is 0 Å². The monoisotopic (exact) mass is 314 g/mol. The number of carbonyl (C=O) groups is 1. The molecule has 1 aromatic rings. The lowest BCUT2D eigenvalue weighted by Gasteiger charge is -2.56. The molecule has 0 unspecified atom stereocenters. The minimum absolute atomic E-state index is 0.0163. The maximum atomic E-state index is 12.3. The summed E-state index contributed by atoms with van der Waals surface area (Å²) in [7, 11) is 0. The van der Waals surface area contributed by atoms with Crippen LogP contribution in [0.3, 0.4) is 0 Å². The highest BCUT2D eigenvalue weighted by Gasteiger charge is 2.50. The number of nitrogens with one attached hydrogen (secondary N) is 1. The number of nitrogens with zero attached hydrogens (tertiary/aromatic N) is 1. The number of nitro benzene ring substituents is 1. The van der Waals surface area contributed by atoms with Crippen molar-refractivity contribution in [1.82, 2.24) is 5.32 Å². The Morgan fingerprint density at radius 1 is 1.09 bits per heavy atom. The van der Waals surface area contributed by atoms with Crippen LogP contribution in [0.25, 0.3) is 0 Å². The molecule has 0 aromatic heterocycles. The Morgan fingerprint density at radius 3 is 2.09 bits per heavy atom. The van der Waals surface area contributed by atoms with Crippen LogP contribution < -0.4 is 5.32 Å². The first-order valence-corrected chi connectivity index (χ1v) is 8.56. The molecule has 23 heavy (non-hydrogen) atoms. The van der Waals surface area contributed by atoms with Crippen LogP contribution in [-0.2, 0) is 0 Å². The average molecular weight is 314 g/mol. The van der Waals surface area contributed by atoms with Crippen LogP contribution in [0.5, 0.6) is 0 Å². The van der Waals surface area contributed by atoms with Gasteiger partial charge in [-0.25, -0.2) is 0 Å². The standard InChI is InChI=1S/C18H22N2O3/c21-17(15-1-3-16(4-2-15)20(22)23)19-11-18-8-12-5-13(9-18)7-14(6-12)10-18/h1-4,12-14H,5-11H2,(H,19,21). The molecule has 4 saturated carbocycles. The molecule has 5 heteroatoms. The summed E-state index contributed by atoms with van der Waals surface area (Å²) in [5, 5.41) is 13.8. The molecule has 4 aliphatic carbocycles. The Labute approximate surface area is 135 Å². The maximum absolute atomic E-state index is 12.3. The van der Waals surface area contributed by atoms with Gasteiger partial charge in [0.25, 0.3) is 11.6 Å². The van der Waals surface area contributed by atoms with E-state index in [1.54, 1.807) is 0 Å². The molecular formula is C18H22N2O3. The smallest absolute Gasteiger partial charge is 0.269 e. The molecule has 1 amide bonds. The van der Waals surface area contributed by atoms with E-state index in [-0.39, 0.29) is 11.6 Å². The SMILES string of the molecule is O=C(NCC12CC3CC(CC(C3)C1)C2)c1ccc([N+](=O)[O-])cc1. The van der Waals surface area contributed by atoms with E-state index in [9.17, 15) is 14.9 Å². The van der Waals surface area contributed by atoms with Gasteiger partial charge < -0.3 is 5.32 Å². The zero-order chi connectivity index (χ0) is 16.0. The van der Waals surface area contributed by atoms with Crippen LogP contribution in [0.4, 0.5) is 5.69 Å². The molecule has 1 N–H and O–H groups in total. The lowest BCUT2D eigenvalue weighted by atomic mass is 9.49. The molecule has 0 heterocycles. The van der Waals surface area contributed by atoms with Gasteiger partial charge >= 0.3 is 0 Å². The summed E-state index contributed by atoms with van der Waals surface area (Å²) in [5.74, 6) is 2.50. The number of carbonyl (C=O) groups excluding carboxylic acids is 1. The van der Waals surface area contributed by atoms with Crippen molar-refractivity contribution >= 4 is 11.6 Å². The fraction of sp³-hybridized carbons (Fsp3) is 0.611. The fourth-order valence-corrected chi connectivity index (χ4v) is 5.61. The molecule has 4 aliphatic rings. The van der Waals surface area contributed by atoms with Crippen molar-refractivity contribution in [2.24, 2.45) is 23.2 Å². The van der Waals surface area contributed by atoms with Crippen LogP contribution in [0.1, 0.15) is 48.9 Å². The van der Waals surface area contributed by atoms with Gasteiger partial charge in [0, 0.05) is 24.2 Å². The van der Waals surface area contributed by atoms with E-state index in [1.807, 2.05) is 0 Å². The average Bonchev–Trinajstić information content (AvgIpc) is 2.51. The number of nitro groups is 1. The lowest BCUT2D eigenvalue weighted by Crippen LogP contribution is -2.51. The predicted molar refractivity (Wildman–Crippen MR) is 86.0 cm³/mol.